The van der Waals surface area contributed by atoms with E-state index in [1.54, 1.807) is 0 Å². The molecular weight excluding hydrogens is 262 g/mol. The first-order chi connectivity index (χ1) is 10.3. The second-order valence-corrected chi connectivity index (χ2v) is 5.59. The number of rotatable bonds is 6. The summed E-state index contributed by atoms with van der Waals surface area (Å²) in [4.78, 5) is 14.7. The molecule has 1 fully saturated rings. The van der Waals surface area contributed by atoms with Gasteiger partial charge in [0.15, 0.2) is 0 Å². The molecule has 1 saturated heterocycles. The largest absolute Gasteiger partial charge is 0.385 e. The number of likely N-dealkylation sites (tertiary alicyclic amines) is 1. The van der Waals surface area contributed by atoms with Gasteiger partial charge in [0.05, 0.1) is 5.56 Å². The second kappa shape index (κ2) is 8.67. The summed E-state index contributed by atoms with van der Waals surface area (Å²) in [7, 11) is 0. The van der Waals surface area contributed by atoms with Gasteiger partial charge in [0.2, 0.25) is 0 Å². The lowest BCUT2D eigenvalue weighted by molar-refractivity contribution is 0.0949. The highest BCUT2D eigenvalue weighted by atomic mass is 16.1. The molecular formula is C17H27N3O. The van der Waals surface area contributed by atoms with E-state index in [0.717, 1.165) is 30.9 Å². The third kappa shape index (κ3) is 5.05. The van der Waals surface area contributed by atoms with Gasteiger partial charge in [-0.2, -0.15) is 0 Å². The molecule has 0 unspecified atom stereocenters. The maximum atomic E-state index is 12.3. The van der Waals surface area contributed by atoms with Gasteiger partial charge in [0, 0.05) is 25.3 Å². The summed E-state index contributed by atoms with van der Waals surface area (Å²) in [5.74, 6) is 0.0152. The number of amides is 1. The SMILES string of the molecule is CCNc1ccccc1C(=O)NCCN1CCCCCC1. The monoisotopic (exact) mass is 289 g/mol. The Labute approximate surface area is 127 Å². The average Bonchev–Trinajstić information content (AvgIpc) is 2.77. The predicted octanol–water partition coefficient (Wildman–Crippen LogP) is 2.72. The molecule has 2 rings (SSSR count). The number of para-hydroxylation sites is 1. The van der Waals surface area contributed by atoms with Crippen molar-refractivity contribution in [3.8, 4) is 0 Å². The fourth-order valence-corrected chi connectivity index (χ4v) is 2.81. The number of carbonyl (C=O) groups excluding carboxylic acids is 1. The Balaban J connectivity index is 1.81. The van der Waals surface area contributed by atoms with Crippen molar-refractivity contribution >= 4 is 11.6 Å². The fourth-order valence-electron chi connectivity index (χ4n) is 2.81. The van der Waals surface area contributed by atoms with E-state index in [0.29, 0.717) is 0 Å². The average molecular weight is 289 g/mol. The van der Waals surface area contributed by atoms with E-state index in [4.69, 9.17) is 0 Å². The zero-order chi connectivity index (χ0) is 14.9. The Morgan fingerprint density at radius 1 is 1.14 bits per heavy atom. The third-order valence-electron chi connectivity index (χ3n) is 3.95. The van der Waals surface area contributed by atoms with Crippen LogP contribution < -0.4 is 10.6 Å². The van der Waals surface area contributed by atoms with Gasteiger partial charge in [0.25, 0.3) is 5.91 Å². The van der Waals surface area contributed by atoms with Crippen LogP contribution in [-0.2, 0) is 0 Å². The van der Waals surface area contributed by atoms with Crippen LogP contribution in [0.2, 0.25) is 0 Å². The molecule has 0 saturated carbocycles. The van der Waals surface area contributed by atoms with E-state index in [-0.39, 0.29) is 5.91 Å². The lowest BCUT2D eigenvalue weighted by atomic mass is 10.1. The van der Waals surface area contributed by atoms with E-state index < -0.39 is 0 Å². The third-order valence-corrected chi connectivity index (χ3v) is 3.95. The summed E-state index contributed by atoms with van der Waals surface area (Å²) in [6.45, 7) is 6.87. The maximum Gasteiger partial charge on any atom is 0.253 e. The van der Waals surface area contributed by atoms with Crippen molar-refractivity contribution in [3.05, 3.63) is 29.8 Å². The van der Waals surface area contributed by atoms with Crippen molar-refractivity contribution in [3.63, 3.8) is 0 Å². The molecule has 0 bridgehead atoms. The number of benzene rings is 1. The van der Waals surface area contributed by atoms with Crippen LogP contribution in [0.3, 0.4) is 0 Å². The van der Waals surface area contributed by atoms with Gasteiger partial charge in [-0.15, -0.1) is 0 Å². The molecule has 2 N–H and O–H groups in total. The van der Waals surface area contributed by atoms with Crippen LogP contribution in [-0.4, -0.2) is 43.5 Å². The van der Waals surface area contributed by atoms with Gasteiger partial charge >= 0.3 is 0 Å². The molecule has 1 aliphatic rings. The number of nitrogens with zero attached hydrogens (tertiary/aromatic N) is 1. The zero-order valence-corrected chi connectivity index (χ0v) is 13.0. The molecule has 1 aromatic carbocycles. The number of hydrogen-bond acceptors (Lipinski definition) is 3. The molecule has 116 valence electrons. The van der Waals surface area contributed by atoms with Gasteiger partial charge in [-0.1, -0.05) is 25.0 Å². The zero-order valence-electron chi connectivity index (χ0n) is 13.0. The highest BCUT2D eigenvalue weighted by Crippen LogP contribution is 2.14. The minimum absolute atomic E-state index is 0.0152. The minimum Gasteiger partial charge on any atom is -0.385 e. The number of nitrogens with one attached hydrogen (secondary N) is 2. The second-order valence-electron chi connectivity index (χ2n) is 5.59. The van der Waals surface area contributed by atoms with E-state index in [1.807, 2.05) is 31.2 Å². The van der Waals surface area contributed by atoms with Crippen LogP contribution in [0.5, 0.6) is 0 Å². The molecule has 0 radical (unpaired) electrons. The Morgan fingerprint density at radius 2 is 1.86 bits per heavy atom. The Morgan fingerprint density at radius 3 is 2.57 bits per heavy atom. The number of hydrogen-bond donors (Lipinski definition) is 2. The van der Waals surface area contributed by atoms with Crippen LogP contribution in [0.15, 0.2) is 24.3 Å². The molecule has 1 amide bonds. The first-order valence-electron chi connectivity index (χ1n) is 8.14. The summed E-state index contributed by atoms with van der Waals surface area (Å²) in [5.41, 5.74) is 1.64. The summed E-state index contributed by atoms with van der Waals surface area (Å²) < 4.78 is 0. The maximum absolute atomic E-state index is 12.3. The van der Waals surface area contributed by atoms with Crippen LogP contribution in [0, 0.1) is 0 Å². The lowest BCUT2D eigenvalue weighted by Crippen LogP contribution is -2.35. The number of anilines is 1. The van der Waals surface area contributed by atoms with Crippen molar-refractivity contribution in [2.45, 2.75) is 32.6 Å². The minimum atomic E-state index is 0.0152. The van der Waals surface area contributed by atoms with E-state index in [1.165, 1.54) is 38.8 Å². The van der Waals surface area contributed by atoms with Crippen LogP contribution >= 0.6 is 0 Å². The van der Waals surface area contributed by atoms with Crippen molar-refractivity contribution < 1.29 is 4.79 Å². The molecule has 1 heterocycles. The fraction of sp³-hybridized carbons (Fsp3) is 0.588. The molecule has 21 heavy (non-hydrogen) atoms. The van der Waals surface area contributed by atoms with Crippen molar-refractivity contribution in [1.29, 1.82) is 0 Å². The molecule has 0 aliphatic carbocycles. The smallest absolute Gasteiger partial charge is 0.253 e. The summed E-state index contributed by atoms with van der Waals surface area (Å²) in [6, 6.07) is 7.68. The van der Waals surface area contributed by atoms with Gasteiger partial charge in [-0.25, -0.2) is 0 Å². The Hall–Kier alpha value is -1.55. The standard InChI is InChI=1S/C17H27N3O/c1-2-18-16-10-6-5-9-15(16)17(21)19-11-14-20-12-7-3-4-8-13-20/h5-6,9-10,18H,2-4,7-8,11-14H2,1H3,(H,19,21). The van der Waals surface area contributed by atoms with E-state index in [9.17, 15) is 4.79 Å². The van der Waals surface area contributed by atoms with E-state index in [2.05, 4.69) is 15.5 Å². The molecule has 1 aliphatic heterocycles. The van der Waals surface area contributed by atoms with Crippen molar-refractivity contribution in [2.75, 3.05) is 38.0 Å². The van der Waals surface area contributed by atoms with Gasteiger partial charge in [-0.3, -0.25) is 4.79 Å². The van der Waals surface area contributed by atoms with Crippen LogP contribution in [0.4, 0.5) is 5.69 Å². The first kappa shape index (κ1) is 15.8. The highest BCUT2D eigenvalue weighted by Gasteiger charge is 2.12. The predicted molar refractivity (Wildman–Crippen MR) is 87.8 cm³/mol. The quantitative estimate of drug-likeness (QED) is 0.846. The lowest BCUT2D eigenvalue weighted by Gasteiger charge is -2.20. The molecule has 4 nitrogen and oxygen atoms in total. The van der Waals surface area contributed by atoms with Gasteiger partial charge in [0.1, 0.15) is 0 Å². The highest BCUT2D eigenvalue weighted by molar-refractivity contribution is 5.99. The van der Waals surface area contributed by atoms with Gasteiger partial charge in [-0.05, 0) is 45.0 Å². The summed E-state index contributed by atoms with van der Waals surface area (Å²) in [6.07, 6.45) is 5.27. The molecule has 0 atom stereocenters. The summed E-state index contributed by atoms with van der Waals surface area (Å²) in [5, 5.41) is 6.28. The Kier molecular flexibility index (Phi) is 6.54. The van der Waals surface area contributed by atoms with Crippen molar-refractivity contribution in [2.24, 2.45) is 0 Å². The molecule has 0 spiro atoms. The van der Waals surface area contributed by atoms with Crippen LogP contribution in [0.1, 0.15) is 43.0 Å². The molecule has 0 aromatic heterocycles. The van der Waals surface area contributed by atoms with E-state index >= 15 is 0 Å². The topological polar surface area (TPSA) is 44.4 Å². The first-order valence-corrected chi connectivity index (χ1v) is 8.14. The van der Waals surface area contributed by atoms with Gasteiger partial charge < -0.3 is 15.5 Å². The normalized spacial score (nSPS) is 16.2. The summed E-state index contributed by atoms with van der Waals surface area (Å²) >= 11 is 0. The Bertz CT molecular complexity index is 439. The van der Waals surface area contributed by atoms with Crippen molar-refractivity contribution in [1.82, 2.24) is 10.2 Å². The number of carbonyl (C=O) groups is 1. The molecule has 4 heteroatoms. The van der Waals surface area contributed by atoms with Crippen LogP contribution in [0.25, 0.3) is 0 Å². The molecule has 1 aromatic rings.